The number of hydrogen-bond donors (Lipinski definition) is 1. The summed E-state index contributed by atoms with van der Waals surface area (Å²) in [5, 5.41) is 3.22. The summed E-state index contributed by atoms with van der Waals surface area (Å²) in [5.41, 5.74) is 1.71. The summed E-state index contributed by atoms with van der Waals surface area (Å²) in [7, 11) is -2.75. The van der Waals surface area contributed by atoms with Crippen LogP contribution in [0.2, 0.25) is 5.02 Å². The molecule has 2 amide bonds. The van der Waals surface area contributed by atoms with E-state index in [1.165, 1.54) is 24.1 Å². The lowest BCUT2D eigenvalue weighted by atomic mass is 10.1. The highest BCUT2D eigenvalue weighted by Crippen LogP contribution is 2.33. The van der Waals surface area contributed by atoms with E-state index in [1.807, 2.05) is 6.92 Å². The number of nitrogens with zero attached hydrogens (tertiary/aromatic N) is 2. The van der Waals surface area contributed by atoms with Crippen molar-refractivity contribution in [3.8, 4) is 5.75 Å². The number of likely N-dealkylation sites (N-methyl/N-ethyl adjacent to an activating group) is 1. The molecule has 0 saturated carbocycles. The number of carbonyl (C=O) groups is 2. The van der Waals surface area contributed by atoms with Crippen molar-refractivity contribution < 1.29 is 22.7 Å². The topological polar surface area (TPSA) is 96.0 Å². The minimum absolute atomic E-state index is 0.0227. The smallest absolute Gasteiger partial charge is 0.264 e. The van der Waals surface area contributed by atoms with Crippen molar-refractivity contribution in [3.63, 3.8) is 0 Å². The van der Waals surface area contributed by atoms with E-state index in [0.717, 1.165) is 9.87 Å². The second kappa shape index (κ2) is 12.8. The second-order valence-corrected chi connectivity index (χ2v) is 11.0. The predicted octanol–water partition coefficient (Wildman–Crippen LogP) is 4.41. The fourth-order valence-electron chi connectivity index (χ4n) is 3.96. The highest BCUT2D eigenvalue weighted by molar-refractivity contribution is 7.92. The molecule has 1 N–H and O–H groups in total. The van der Waals surface area contributed by atoms with Gasteiger partial charge in [-0.05, 0) is 68.3 Å². The number of halogens is 1. The maximum Gasteiger partial charge on any atom is 0.264 e. The van der Waals surface area contributed by atoms with Gasteiger partial charge in [-0.3, -0.25) is 13.9 Å². The molecule has 0 fully saturated rings. The fraction of sp³-hybridized carbons (Fsp3) is 0.286. The van der Waals surface area contributed by atoms with Gasteiger partial charge in [0.05, 0.1) is 17.7 Å². The lowest BCUT2D eigenvalue weighted by Gasteiger charge is -2.32. The van der Waals surface area contributed by atoms with E-state index in [-0.39, 0.29) is 23.0 Å². The fourth-order valence-corrected chi connectivity index (χ4v) is 5.61. The first-order valence-electron chi connectivity index (χ1n) is 12.1. The largest absolute Gasteiger partial charge is 0.495 e. The zero-order chi connectivity index (χ0) is 27.9. The molecule has 0 heterocycles. The summed E-state index contributed by atoms with van der Waals surface area (Å²) in [4.78, 5) is 28.1. The number of sulfonamides is 1. The lowest BCUT2D eigenvalue weighted by molar-refractivity contribution is -0.139. The minimum Gasteiger partial charge on any atom is -0.495 e. The van der Waals surface area contributed by atoms with Crippen molar-refractivity contribution in [2.24, 2.45) is 0 Å². The van der Waals surface area contributed by atoms with Crippen LogP contribution in [0, 0.1) is 6.92 Å². The number of carbonyl (C=O) groups excluding carboxylic acids is 2. The van der Waals surface area contributed by atoms with Gasteiger partial charge < -0.3 is 15.0 Å². The highest BCUT2D eigenvalue weighted by Gasteiger charge is 2.33. The van der Waals surface area contributed by atoms with Gasteiger partial charge in [-0.15, -0.1) is 0 Å². The summed E-state index contributed by atoms with van der Waals surface area (Å²) in [6.07, 6.45) is 0. The van der Waals surface area contributed by atoms with Crippen LogP contribution in [-0.4, -0.2) is 51.4 Å². The average molecular weight is 558 g/mol. The number of nitrogens with one attached hydrogen (secondary N) is 1. The standard InChI is InChI=1S/C28H32ClN3O5S/c1-5-30-28(34)21(3)31(18-22-10-9-11-23(29)17-22)27(33)19-32(25-16-20(2)14-15-26(25)37-4)38(35,36)24-12-7-6-8-13-24/h6-17,21H,5,18-19H2,1-4H3,(H,30,34)/t21-/m1/s1. The van der Waals surface area contributed by atoms with Gasteiger partial charge >= 0.3 is 0 Å². The van der Waals surface area contributed by atoms with Gasteiger partial charge in [-0.25, -0.2) is 8.42 Å². The molecule has 8 nitrogen and oxygen atoms in total. The molecule has 0 unspecified atom stereocenters. The van der Waals surface area contributed by atoms with Gasteiger partial charge in [0.15, 0.2) is 0 Å². The number of benzene rings is 3. The van der Waals surface area contributed by atoms with Crippen molar-refractivity contribution in [2.75, 3.05) is 24.5 Å². The van der Waals surface area contributed by atoms with Gasteiger partial charge in [0.2, 0.25) is 11.8 Å². The molecule has 3 aromatic carbocycles. The maximum atomic E-state index is 13.9. The van der Waals surface area contributed by atoms with Crippen LogP contribution >= 0.6 is 11.6 Å². The van der Waals surface area contributed by atoms with Crippen LogP contribution in [0.4, 0.5) is 5.69 Å². The molecule has 0 aliphatic heterocycles. The molecule has 0 spiro atoms. The zero-order valence-corrected chi connectivity index (χ0v) is 23.4. The Balaban J connectivity index is 2.09. The Morgan fingerprint density at radius 1 is 1.03 bits per heavy atom. The first kappa shape index (κ1) is 29.0. The molecule has 0 aliphatic carbocycles. The van der Waals surface area contributed by atoms with Gasteiger partial charge in [-0.2, -0.15) is 0 Å². The van der Waals surface area contributed by atoms with Crippen LogP contribution in [0.15, 0.2) is 77.7 Å². The molecule has 0 radical (unpaired) electrons. The van der Waals surface area contributed by atoms with E-state index in [0.29, 0.717) is 22.9 Å². The Bertz CT molecular complexity index is 1380. The molecule has 38 heavy (non-hydrogen) atoms. The third-order valence-corrected chi connectivity index (χ3v) is 7.98. The van der Waals surface area contributed by atoms with E-state index in [2.05, 4.69) is 5.32 Å². The van der Waals surface area contributed by atoms with Crippen molar-refractivity contribution in [2.45, 2.75) is 38.3 Å². The van der Waals surface area contributed by atoms with Crippen LogP contribution in [0.3, 0.4) is 0 Å². The Labute approximate surface area is 229 Å². The van der Waals surface area contributed by atoms with Gasteiger partial charge in [0.1, 0.15) is 18.3 Å². The molecule has 3 rings (SSSR count). The second-order valence-electron chi connectivity index (χ2n) is 8.72. The van der Waals surface area contributed by atoms with Crippen molar-refractivity contribution in [1.82, 2.24) is 10.2 Å². The van der Waals surface area contributed by atoms with E-state index in [1.54, 1.807) is 74.5 Å². The Morgan fingerprint density at radius 2 is 1.74 bits per heavy atom. The third kappa shape index (κ3) is 6.85. The minimum atomic E-state index is -4.18. The first-order valence-corrected chi connectivity index (χ1v) is 13.9. The molecule has 0 bridgehead atoms. The maximum absolute atomic E-state index is 13.9. The summed E-state index contributed by atoms with van der Waals surface area (Å²) in [6, 6.07) is 19.1. The molecular weight excluding hydrogens is 526 g/mol. The number of methoxy groups -OCH3 is 1. The number of anilines is 1. The van der Waals surface area contributed by atoms with E-state index in [4.69, 9.17) is 16.3 Å². The predicted molar refractivity (Wildman–Crippen MR) is 149 cm³/mol. The lowest BCUT2D eigenvalue weighted by Crippen LogP contribution is -2.51. The van der Waals surface area contributed by atoms with E-state index in [9.17, 15) is 18.0 Å². The molecule has 3 aromatic rings. The Kier molecular flexibility index (Phi) is 9.77. The number of aryl methyl sites for hydroxylation is 1. The van der Waals surface area contributed by atoms with Crippen LogP contribution in [0.25, 0.3) is 0 Å². The number of rotatable bonds is 11. The van der Waals surface area contributed by atoms with Crippen LogP contribution in [0.5, 0.6) is 5.75 Å². The van der Waals surface area contributed by atoms with E-state index >= 15 is 0 Å². The molecular formula is C28H32ClN3O5S. The van der Waals surface area contributed by atoms with Crippen molar-refractivity contribution >= 4 is 39.1 Å². The summed E-state index contributed by atoms with van der Waals surface area (Å²) in [6.45, 7) is 5.10. The molecule has 0 aromatic heterocycles. The van der Waals surface area contributed by atoms with Crippen LogP contribution < -0.4 is 14.4 Å². The van der Waals surface area contributed by atoms with Crippen molar-refractivity contribution in [3.05, 3.63) is 88.9 Å². The van der Waals surface area contributed by atoms with E-state index < -0.39 is 28.5 Å². The Hall–Kier alpha value is -3.56. The summed E-state index contributed by atoms with van der Waals surface area (Å²) >= 11 is 6.16. The van der Waals surface area contributed by atoms with Gasteiger partial charge in [0.25, 0.3) is 10.0 Å². The van der Waals surface area contributed by atoms with Crippen molar-refractivity contribution in [1.29, 1.82) is 0 Å². The SMILES string of the molecule is CCNC(=O)[C@@H](C)N(Cc1cccc(Cl)c1)C(=O)CN(c1cc(C)ccc1OC)S(=O)(=O)c1ccccc1. The van der Waals surface area contributed by atoms with Crippen LogP contribution in [-0.2, 0) is 26.2 Å². The van der Waals surface area contributed by atoms with Gasteiger partial charge in [-0.1, -0.05) is 48.0 Å². The number of ether oxygens (including phenoxy) is 1. The number of hydrogen-bond acceptors (Lipinski definition) is 5. The number of amides is 2. The quantitative estimate of drug-likeness (QED) is 0.377. The van der Waals surface area contributed by atoms with Gasteiger partial charge in [0, 0.05) is 18.1 Å². The molecule has 0 aliphatic rings. The monoisotopic (exact) mass is 557 g/mol. The summed E-state index contributed by atoms with van der Waals surface area (Å²) in [5.74, 6) is -0.624. The molecule has 1 atom stereocenters. The molecule has 10 heteroatoms. The Morgan fingerprint density at radius 3 is 2.37 bits per heavy atom. The third-order valence-electron chi connectivity index (χ3n) is 5.97. The normalized spacial score (nSPS) is 11.9. The highest BCUT2D eigenvalue weighted by atomic mass is 35.5. The van der Waals surface area contributed by atoms with Crippen LogP contribution in [0.1, 0.15) is 25.0 Å². The molecule has 202 valence electrons. The summed E-state index contributed by atoms with van der Waals surface area (Å²) < 4.78 is 34.3. The first-order chi connectivity index (χ1) is 18.1. The average Bonchev–Trinajstić information content (AvgIpc) is 2.90. The zero-order valence-electron chi connectivity index (χ0n) is 21.8. The molecule has 0 saturated heterocycles.